The van der Waals surface area contributed by atoms with Gasteiger partial charge in [-0.2, -0.15) is 21.6 Å². The Morgan fingerprint density at radius 1 is 1.09 bits per heavy atom. The highest BCUT2D eigenvalue weighted by atomic mass is 32.2. The van der Waals surface area contributed by atoms with Gasteiger partial charge in [-0.25, -0.2) is 0 Å². The predicted molar refractivity (Wildman–Crippen MR) is 81.8 cm³/mol. The summed E-state index contributed by atoms with van der Waals surface area (Å²) >= 11 is 0. The van der Waals surface area contributed by atoms with Crippen molar-refractivity contribution in [3.63, 3.8) is 0 Å². The van der Waals surface area contributed by atoms with Crippen LogP contribution >= 0.6 is 0 Å². The minimum absolute atomic E-state index is 0.106. The number of rotatable bonds is 2. The van der Waals surface area contributed by atoms with Crippen molar-refractivity contribution in [2.75, 3.05) is 0 Å². The van der Waals surface area contributed by atoms with Gasteiger partial charge in [0.25, 0.3) is 0 Å². The Balaban J connectivity index is 0.000000924. The van der Waals surface area contributed by atoms with Crippen molar-refractivity contribution >= 4 is 10.1 Å². The average Bonchev–Trinajstić information content (AvgIpc) is 2.85. The lowest BCUT2D eigenvalue weighted by molar-refractivity contribution is -0.0500. The maximum absolute atomic E-state index is 12.5. The van der Waals surface area contributed by atoms with E-state index in [2.05, 4.69) is 4.18 Å². The van der Waals surface area contributed by atoms with E-state index in [9.17, 15) is 21.6 Å². The molecule has 0 unspecified atom stereocenters. The van der Waals surface area contributed by atoms with Gasteiger partial charge in [-0.1, -0.05) is 26.3 Å². The lowest BCUT2D eigenvalue weighted by atomic mass is 9.67. The van der Waals surface area contributed by atoms with Crippen molar-refractivity contribution in [2.45, 2.75) is 58.4 Å². The molecule has 2 aliphatic carbocycles. The maximum Gasteiger partial charge on any atom is 0.534 e. The molecule has 0 radical (unpaired) electrons. The third-order valence-electron chi connectivity index (χ3n) is 4.62. The van der Waals surface area contributed by atoms with Gasteiger partial charge >= 0.3 is 15.6 Å². The molecule has 3 nitrogen and oxygen atoms in total. The summed E-state index contributed by atoms with van der Waals surface area (Å²) in [7, 11) is -5.61. The van der Waals surface area contributed by atoms with Gasteiger partial charge in [-0.15, -0.1) is 0 Å². The van der Waals surface area contributed by atoms with Gasteiger partial charge in [-0.05, 0) is 60.8 Å². The number of aryl methyl sites for hydroxylation is 1. The van der Waals surface area contributed by atoms with E-state index < -0.39 is 15.6 Å². The molecular formula is C16H21F3O3S. The molecular weight excluding hydrogens is 329 g/mol. The van der Waals surface area contributed by atoms with Crippen LogP contribution in [0.5, 0.6) is 5.75 Å². The van der Waals surface area contributed by atoms with Gasteiger partial charge in [0, 0.05) is 0 Å². The third-order valence-corrected chi connectivity index (χ3v) is 5.59. The lowest BCUT2D eigenvalue weighted by Gasteiger charge is -2.38. The molecule has 1 saturated carbocycles. The Hall–Kier alpha value is -1.24. The second-order valence-electron chi connectivity index (χ2n) is 6.03. The fourth-order valence-electron chi connectivity index (χ4n) is 3.31. The van der Waals surface area contributed by atoms with Crippen LogP contribution < -0.4 is 4.18 Å². The van der Waals surface area contributed by atoms with Crippen LogP contribution in [0.1, 0.15) is 49.8 Å². The topological polar surface area (TPSA) is 43.4 Å². The highest BCUT2D eigenvalue weighted by Gasteiger charge is 2.50. The minimum atomic E-state index is -5.61. The van der Waals surface area contributed by atoms with E-state index in [0.29, 0.717) is 12.0 Å². The lowest BCUT2D eigenvalue weighted by Crippen LogP contribution is -2.30. The van der Waals surface area contributed by atoms with Crippen LogP contribution in [0.2, 0.25) is 0 Å². The fourth-order valence-corrected chi connectivity index (χ4v) is 3.80. The Morgan fingerprint density at radius 3 is 2.13 bits per heavy atom. The molecule has 1 fully saturated rings. The SMILES string of the molecule is CC.Cc1ccc(OS(=O)(=O)C(F)(F)F)c2c1CC1(CCC1)C2. The summed E-state index contributed by atoms with van der Waals surface area (Å²) in [5, 5.41) is 0. The summed E-state index contributed by atoms with van der Waals surface area (Å²) in [5.74, 6) is -0.170. The Kier molecular flexibility index (Phi) is 4.72. The molecule has 2 aliphatic rings. The molecule has 23 heavy (non-hydrogen) atoms. The molecule has 0 N–H and O–H groups in total. The molecule has 1 aromatic rings. The van der Waals surface area contributed by atoms with E-state index >= 15 is 0 Å². The summed E-state index contributed by atoms with van der Waals surface area (Å²) in [6.45, 7) is 5.89. The maximum atomic E-state index is 12.5. The van der Waals surface area contributed by atoms with Crippen molar-refractivity contribution in [1.29, 1.82) is 0 Å². The predicted octanol–water partition coefficient (Wildman–Crippen LogP) is 4.52. The number of fused-ring (bicyclic) bond motifs is 1. The molecule has 0 saturated heterocycles. The number of hydrogen-bond acceptors (Lipinski definition) is 3. The molecule has 7 heteroatoms. The highest BCUT2D eigenvalue weighted by Crippen LogP contribution is 2.53. The van der Waals surface area contributed by atoms with Gasteiger partial charge in [-0.3, -0.25) is 0 Å². The van der Waals surface area contributed by atoms with Crippen LogP contribution in [0.4, 0.5) is 13.2 Å². The summed E-state index contributed by atoms with van der Waals surface area (Å²) < 4.78 is 64.2. The van der Waals surface area contributed by atoms with E-state index in [-0.39, 0.29) is 11.2 Å². The fraction of sp³-hybridized carbons (Fsp3) is 0.625. The van der Waals surface area contributed by atoms with Crippen molar-refractivity contribution in [1.82, 2.24) is 0 Å². The zero-order chi connectivity index (χ0) is 17.5. The molecule has 0 heterocycles. The molecule has 0 aromatic heterocycles. The van der Waals surface area contributed by atoms with Crippen LogP contribution in [0.3, 0.4) is 0 Å². The molecule has 130 valence electrons. The van der Waals surface area contributed by atoms with Crippen LogP contribution in [-0.4, -0.2) is 13.9 Å². The molecule has 0 aliphatic heterocycles. The first kappa shape index (κ1) is 18.1. The first-order valence-electron chi connectivity index (χ1n) is 7.76. The minimum Gasteiger partial charge on any atom is -0.376 e. The second-order valence-corrected chi connectivity index (χ2v) is 7.57. The Labute approximate surface area is 135 Å². The zero-order valence-corrected chi connectivity index (χ0v) is 14.3. The van der Waals surface area contributed by atoms with E-state index in [1.165, 1.54) is 6.07 Å². The van der Waals surface area contributed by atoms with Gasteiger partial charge in [0.2, 0.25) is 0 Å². The monoisotopic (exact) mass is 350 g/mol. The molecule has 1 spiro atoms. The van der Waals surface area contributed by atoms with Crippen LogP contribution in [0.25, 0.3) is 0 Å². The van der Waals surface area contributed by atoms with Crippen molar-refractivity contribution < 1.29 is 25.8 Å². The first-order chi connectivity index (χ1) is 10.6. The van der Waals surface area contributed by atoms with Gasteiger partial charge in [0.15, 0.2) is 0 Å². The number of halogens is 3. The quantitative estimate of drug-likeness (QED) is 0.582. The van der Waals surface area contributed by atoms with E-state index in [4.69, 9.17) is 0 Å². The number of alkyl halides is 3. The Morgan fingerprint density at radius 2 is 1.65 bits per heavy atom. The number of hydrogen-bond donors (Lipinski definition) is 0. The normalized spacial score (nSPS) is 18.7. The van der Waals surface area contributed by atoms with Crippen molar-refractivity contribution in [2.24, 2.45) is 5.41 Å². The van der Waals surface area contributed by atoms with Gasteiger partial charge in [0.05, 0.1) is 0 Å². The molecule has 0 atom stereocenters. The highest BCUT2D eigenvalue weighted by molar-refractivity contribution is 7.88. The average molecular weight is 350 g/mol. The van der Waals surface area contributed by atoms with E-state index in [1.807, 2.05) is 20.8 Å². The second kappa shape index (κ2) is 6.00. The first-order valence-corrected chi connectivity index (χ1v) is 9.17. The third kappa shape index (κ3) is 3.20. The van der Waals surface area contributed by atoms with Gasteiger partial charge < -0.3 is 4.18 Å². The molecule has 0 bridgehead atoms. The van der Waals surface area contributed by atoms with Crippen LogP contribution in [0, 0.1) is 12.3 Å². The van der Waals surface area contributed by atoms with Crippen molar-refractivity contribution in [3.8, 4) is 5.75 Å². The summed E-state index contributed by atoms with van der Waals surface area (Å²) in [4.78, 5) is 0. The summed E-state index contributed by atoms with van der Waals surface area (Å²) in [6.07, 6.45) is 4.59. The molecule has 3 rings (SSSR count). The van der Waals surface area contributed by atoms with E-state index in [0.717, 1.165) is 36.8 Å². The standard InChI is InChI=1S/C14H15F3O3S.C2H6/c1-9-3-4-12(20-21(18,19)14(15,16)17)11-8-13(5-2-6-13)7-10(9)11;1-2/h3-4H,2,5-8H2,1H3;1-2H3. The smallest absolute Gasteiger partial charge is 0.376 e. The van der Waals surface area contributed by atoms with Gasteiger partial charge in [0.1, 0.15) is 5.75 Å². The van der Waals surface area contributed by atoms with Crippen LogP contribution in [-0.2, 0) is 23.0 Å². The van der Waals surface area contributed by atoms with Crippen molar-refractivity contribution in [3.05, 3.63) is 28.8 Å². The number of benzene rings is 1. The molecule has 0 amide bonds. The summed E-state index contributed by atoms with van der Waals surface area (Å²) in [5.41, 5.74) is -2.75. The zero-order valence-electron chi connectivity index (χ0n) is 13.5. The van der Waals surface area contributed by atoms with Crippen LogP contribution in [0.15, 0.2) is 12.1 Å². The Bertz CT molecular complexity index is 689. The summed E-state index contributed by atoms with van der Waals surface area (Å²) in [6, 6.07) is 2.95. The van der Waals surface area contributed by atoms with E-state index in [1.54, 1.807) is 6.07 Å². The molecule has 1 aromatic carbocycles. The largest absolute Gasteiger partial charge is 0.534 e.